The van der Waals surface area contributed by atoms with Crippen LogP contribution in [0.4, 0.5) is 0 Å². The molecule has 0 fully saturated rings. The van der Waals surface area contributed by atoms with Crippen LogP contribution in [-0.2, 0) is 13.0 Å². The van der Waals surface area contributed by atoms with Crippen molar-refractivity contribution in [1.82, 2.24) is 4.90 Å². The van der Waals surface area contributed by atoms with E-state index in [0.29, 0.717) is 6.54 Å². The number of fused-ring (bicyclic) bond motifs is 1. The quantitative estimate of drug-likeness (QED) is 0.848. The third-order valence-corrected chi connectivity index (χ3v) is 3.24. The van der Waals surface area contributed by atoms with Gasteiger partial charge in [0.15, 0.2) is 11.5 Å². The molecule has 0 amide bonds. The predicted molar refractivity (Wildman–Crippen MR) is 67.6 cm³/mol. The second-order valence-electron chi connectivity index (χ2n) is 4.29. The molecule has 1 aromatic rings. The number of nitrogens with two attached hydrogens (primary N) is 1. The number of benzene rings is 1. The minimum Gasteiger partial charge on any atom is -0.493 e. The van der Waals surface area contributed by atoms with Gasteiger partial charge >= 0.3 is 0 Å². The fourth-order valence-electron chi connectivity index (χ4n) is 2.32. The first-order chi connectivity index (χ1) is 8.28. The van der Waals surface area contributed by atoms with Gasteiger partial charge in [0.2, 0.25) is 0 Å². The molecular formula is C13H20N2O2. The Morgan fingerprint density at radius 2 is 1.82 bits per heavy atom. The monoisotopic (exact) mass is 236 g/mol. The van der Waals surface area contributed by atoms with Gasteiger partial charge in [0.1, 0.15) is 0 Å². The van der Waals surface area contributed by atoms with Crippen LogP contribution in [-0.4, -0.2) is 38.8 Å². The molecule has 0 aromatic heterocycles. The number of methoxy groups -OCH3 is 2. The van der Waals surface area contributed by atoms with Crippen molar-refractivity contribution >= 4 is 0 Å². The van der Waals surface area contributed by atoms with Gasteiger partial charge in [0.05, 0.1) is 14.2 Å². The number of hydrogen-bond donors (Lipinski definition) is 1. The zero-order valence-electron chi connectivity index (χ0n) is 10.5. The molecule has 17 heavy (non-hydrogen) atoms. The molecule has 4 heteroatoms. The summed E-state index contributed by atoms with van der Waals surface area (Å²) in [4.78, 5) is 2.37. The summed E-state index contributed by atoms with van der Waals surface area (Å²) in [5.41, 5.74) is 8.27. The minimum atomic E-state index is 0.711. The van der Waals surface area contributed by atoms with Crippen molar-refractivity contribution in [2.75, 3.05) is 33.9 Å². The summed E-state index contributed by atoms with van der Waals surface area (Å²) in [5.74, 6) is 1.62. The standard InChI is InChI=1S/C13H20N2O2/c1-16-12-7-10-3-5-15(6-4-14)9-11(10)8-13(12)17-2/h7-8H,3-6,9,14H2,1-2H3. The van der Waals surface area contributed by atoms with Crippen molar-refractivity contribution in [1.29, 1.82) is 0 Å². The van der Waals surface area contributed by atoms with Crippen LogP contribution in [0.1, 0.15) is 11.1 Å². The van der Waals surface area contributed by atoms with E-state index in [1.54, 1.807) is 14.2 Å². The highest BCUT2D eigenvalue weighted by Gasteiger charge is 2.18. The van der Waals surface area contributed by atoms with Gasteiger partial charge in [-0.15, -0.1) is 0 Å². The van der Waals surface area contributed by atoms with Gasteiger partial charge in [-0.3, -0.25) is 4.90 Å². The van der Waals surface area contributed by atoms with E-state index in [2.05, 4.69) is 17.0 Å². The SMILES string of the molecule is COc1cc2c(cc1OC)CN(CCN)CC2. The maximum atomic E-state index is 5.59. The predicted octanol–water partition coefficient (Wildman–Crippen LogP) is 1.02. The second kappa shape index (κ2) is 5.38. The molecule has 1 aliphatic rings. The summed E-state index contributed by atoms with van der Waals surface area (Å²) in [5, 5.41) is 0. The lowest BCUT2D eigenvalue weighted by Crippen LogP contribution is -2.34. The topological polar surface area (TPSA) is 47.7 Å². The maximum Gasteiger partial charge on any atom is 0.161 e. The van der Waals surface area contributed by atoms with E-state index < -0.39 is 0 Å². The number of ether oxygens (including phenoxy) is 2. The molecule has 1 aliphatic heterocycles. The lowest BCUT2D eigenvalue weighted by Gasteiger charge is -2.29. The molecule has 0 unspecified atom stereocenters. The molecule has 0 radical (unpaired) electrons. The molecule has 0 saturated heterocycles. The van der Waals surface area contributed by atoms with E-state index in [1.165, 1.54) is 11.1 Å². The second-order valence-corrected chi connectivity index (χ2v) is 4.29. The van der Waals surface area contributed by atoms with Gasteiger partial charge in [-0.25, -0.2) is 0 Å². The highest BCUT2D eigenvalue weighted by Crippen LogP contribution is 2.33. The molecule has 0 bridgehead atoms. The smallest absolute Gasteiger partial charge is 0.161 e. The number of hydrogen-bond acceptors (Lipinski definition) is 4. The Hall–Kier alpha value is -1.26. The molecule has 0 spiro atoms. The van der Waals surface area contributed by atoms with Crippen LogP contribution >= 0.6 is 0 Å². The Morgan fingerprint density at radius 1 is 1.18 bits per heavy atom. The summed E-state index contributed by atoms with van der Waals surface area (Å²) in [7, 11) is 3.35. The molecule has 2 rings (SSSR count). The molecule has 1 heterocycles. The van der Waals surface area contributed by atoms with E-state index in [1.807, 2.05) is 0 Å². The summed E-state index contributed by atoms with van der Waals surface area (Å²) in [6.45, 7) is 3.68. The molecule has 0 aliphatic carbocycles. The average molecular weight is 236 g/mol. The van der Waals surface area contributed by atoms with Crippen LogP contribution in [0.5, 0.6) is 11.5 Å². The van der Waals surface area contributed by atoms with Crippen molar-refractivity contribution in [3.05, 3.63) is 23.3 Å². The van der Waals surface area contributed by atoms with Gasteiger partial charge in [0.25, 0.3) is 0 Å². The molecule has 1 aromatic carbocycles. The van der Waals surface area contributed by atoms with Crippen LogP contribution in [0.15, 0.2) is 12.1 Å². The van der Waals surface area contributed by atoms with Crippen LogP contribution in [0.25, 0.3) is 0 Å². The number of nitrogens with zero attached hydrogens (tertiary/aromatic N) is 1. The van der Waals surface area contributed by atoms with E-state index >= 15 is 0 Å². The Bertz CT molecular complexity index is 393. The van der Waals surface area contributed by atoms with Gasteiger partial charge in [-0.1, -0.05) is 0 Å². The Morgan fingerprint density at radius 3 is 2.41 bits per heavy atom. The first-order valence-electron chi connectivity index (χ1n) is 5.94. The molecule has 0 saturated carbocycles. The minimum absolute atomic E-state index is 0.711. The van der Waals surface area contributed by atoms with Gasteiger partial charge in [-0.05, 0) is 29.7 Å². The Kier molecular flexibility index (Phi) is 3.86. The first kappa shape index (κ1) is 12.2. The summed E-state index contributed by atoms with van der Waals surface area (Å²) in [6, 6.07) is 4.17. The summed E-state index contributed by atoms with van der Waals surface area (Å²) < 4.78 is 10.6. The highest BCUT2D eigenvalue weighted by atomic mass is 16.5. The van der Waals surface area contributed by atoms with E-state index in [9.17, 15) is 0 Å². The van der Waals surface area contributed by atoms with Crippen molar-refractivity contribution < 1.29 is 9.47 Å². The van der Waals surface area contributed by atoms with Crippen LogP contribution in [0.2, 0.25) is 0 Å². The lowest BCUT2D eigenvalue weighted by molar-refractivity contribution is 0.259. The Balaban J connectivity index is 2.25. The van der Waals surface area contributed by atoms with Crippen LogP contribution in [0.3, 0.4) is 0 Å². The van der Waals surface area contributed by atoms with Crippen LogP contribution < -0.4 is 15.2 Å². The highest BCUT2D eigenvalue weighted by molar-refractivity contribution is 5.48. The van der Waals surface area contributed by atoms with Crippen molar-refractivity contribution in [3.8, 4) is 11.5 Å². The zero-order valence-corrected chi connectivity index (χ0v) is 10.5. The van der Waals surface area contributed by atoms with Crippen molar-refractivity contribution in [2.45, 2.75) is 13.0 Å². The third kappa shape index (κ3) is 2.53. The fraction of sp³-hybridized carbons (Fsp3) is 0.538. The third-order valence-electron chi connectivity index (χ3n) is 3.24. The van der Waals surface area contributed by atoms with Gasteiger partial charge < -0.3 is 15.2 Å². The van der Waals surface area contributed by atoms with Crippen molar-refractivity contribution in [2.24, 2.45) is 5.73 Å². The first-order valence-corrected chi connectivity index (χ1v) is 5.94. The maximum absolute atomic E-state index is 5.59. The van der Waals surface area contributed by atoms with Crippen molar-refractivity contribution in [3.63, 3.8) is 0 Å². The zero-order chi connectivity index (χ0) is 12.3. The molecular weight excluding hydrogens is 216 g/mol. The largest absolute Gasteiger partial charge is 0.493 e. The summed E-state index contributed by atoms with van der Waals surface area (Å²) in [6.07, 6.45) is 1.05. The molecule has 4 nitrogen and oxygen atoms in total. The van der Waals surface area contributed by atoms with E-state index in [-0.39, 0.29) is 0 Å². The van der Waals surface area contributed by atoms with E-state index in [4.69, 9.17) is 15.2 Å². The van der Waals surface area contributed by atoms with E-state index in [0.717, 1.165) is 37.6 Å². The summed E-state index contributed by atoms with van der Waals surface area (Å²) >= 11 is 0. The number of rotatable bonds is 4. The normalized spacial score (nSPS) is 15.5. The van der Waals surface area contributed by atoms with Gasteiger partial charge in [0, 0.05) is 26.2 Å². The molecule has 94 valence electrons. The van der Waals surface area contributed by atoms with Crippen LogP contribution in [0, 0.1) is 0 Å². The van der Waals surface area contributed by atoms with Gasteiger partial charge in [-0.2, -0.15) is 0 Å². The average Bonchev–Trinajstić information content (AvgIpc) is 2.37. The Labute approximate surface area is 102 Å². The molecule has 2 N–H and O–H groups in total. The molecule has 0 atom stereocenters. The lowest BCUT2D eigenvalue weighted by atomic mass is 9.99. The fourth-order valence-corrected chi connectivity index (χ4v) is 2.32.